The lowest BCUT2D eigenvalue weighted by molar-refractivity contribution is -0.154. The van der Waals surface area contributed by atoms with Gasteiger partial charge >= 0.3 is 5.97 Å². The van der Waals surface area contributed by atoms with E-state index in [4.69, 9.17) is 19.2 Å². The highest BCUT2D eigenvalue weighted by atomic mass is 31.2. The van der Waals surface area contributed by atoms with Gasteiger partial charge in [-0.25, -0.2) is 4.98 Å². The Balaban J connectivity index is 1.21. The summed E-state index contributed by atoms with van der Waals surface area (Å²) in [6.45, 7) is 2.07. The molecule has 4 aliphatic rings. The predicted octanol–water partition coefficient (Wildman–Crippen LogP) is 8.89. The zero-order valence-electron chi connectivity index (χ0n) is 32.5. The Morgan fingerprint density at radius 1 is 0.945 bits per heavy atom. The van der Waals surface area contributed by atoms with Gasteiger partial charge in [0.2, 0.25) is 13.3 Å². The summed E-state index contributed by atoms with van der Waals surface area (Å²) in [6, 6.07) is 16.5. The molecule has 55 heavy (non-hydrogen) atoms. The van der Waals surface area contributed by atoms with Gasteiger partial charge in [-0.1, -0.05) is 69.4 Å². The van der Waals surface area contributed by atoms with Crippen LogP contribution in [0.25, 0.3) is 22.2 Å². The van der Waals surface area contributed by atoms with E-state index in [2.05, 4.69) is 0 Å². The topological polar surface area (TPSA) is 132 Å². The molecule has 2 saturated carbocycles. The van der Waals surface area contributed by atoms with Crippen molar-refractivity contribution >= 4 is 35.9 Å². The molecule has 2 unspecified atom stereocenters. The number of Topliss-reactive ketones (excluding diaryl/α,β-unsaturated/α-hetero) is 1. The molecule has 1 N–H and O–H groups in total. The molecule has 7 rings (SSSR count). The maximum Gasteiger partial charge on any atom is 0.306 e. The average molecular weight is 773 g/mol. The van der Waals surface area contributed by atoms with Crippen LogP contribution in [-0.4, -0.2) is 75.7 Å². The standard InChI is InChI=1S/C44H57N2O8P/c1-3-22-55(50,51)44-27-32(44)17-11-6-4-5-8-16-31(23-42(48)54-33-18-12-13-19-33)43(49)46-29-35(25-39(46)40(47)28-44)53-41-26-37(30-14-9-7-10-15-30)45-38-24-34(52-2)20-21-36(38)41/h7,9-10,14-15,20-21,24,26,31-33,35,39H,3-6,8,11-13,16-19,22-23,25,27-29H2,1-2H3,(H,50,51)/t31?,32-,35-,39+,44-/m1/s1. The first-order chi connectivity index (χ1) is 26.6. The lowest BCUT2D eigenvalue weighted by Crippen LogP contribution is -2.45. The minimum atomic E-state index is -3.65. The van der Waals surface area contributed by atoms with Crippen molar-refractivity contribution in [3.63, 3.8) is 0 Å². The first-order valence-corrected chi connectivity index (χ1v) is 22.5. The van der Waals surface area contributed by atoms with Crippen molar-refractivity contribution in [3.05, 3.63) is 54.6 Å². The summed E-state index contributed by atoms with van der Waals surface area (Å²) in [7, 11) is -2.04. The molecule has 0 radical (unpaired) electrons. The van der Waals surface area contributed by atoms with Crippen LogP contribution in [0.4, 0.5) is 0 Å². The van der Waals surface area contributed by atoms with Crippen LogP contribution in [0.3, 0.4) is 0 Å². The number of ketones is 1. The Morgan fingerprint density at radius 3 is 2.42 bits per heavy atom. The molecule has 2 saturated heterocycles. The van der Waals surface area contributed by atoms with Gasteiger partial charge in [0.25, 0.3) is 0 Å². The number of carbonyl (C=O) groups is 3. The number of benzene rings is 2. The molecule has 296 valence electrons. The largest absolute Gasteiger partial charge is 0.497 e. The Bertz CT molecular complexity index is 1900. The van der Waals surface area contributed by atoms with Crippen LogP contribution in [0.2, 0.25) is 0 Å². The predicted molar refractivity (Wildman–Crippen MR) is 212 cm³/mol. The molecule has 4 fully saturated rings. The van der Waals surface area contributed by atoms with E-state index in [-0.39, 0.29) is 61.7 Å². The van der Waals surface area contributed by atoms with Crippen LogP contribution >= 0.6 is 7.37 Å². The van der Waals surface area contributed by atoms with Gasteiger partial charge in [-0.2, -0.15) is 0 Å². The number of nitrogens with zero attached hydrogens (tertiary/aromatic N) is 2. The van der Waals surface area contributed by atoms with E-state index in [1.165, 1.54) is 0 Å². The maximum atomic E-state index is 14.8. The minimum absolute atomic E-state index is 0.0239. The molecule has 1 amide bonds. The van der Waals surface area contributed by atoms with Gasteiger partial charge in [-0.15, -0.1) is 0 Å². The van der Waals surface area contributed by atoms with Crippen LogP contribution in [0, 0.1) is 11.8 Å². The normalized spacial score (nSPS) is 27.7. The number of amides is 1. The second kappa shape index (κ2) is 17.2. The van der Waals surface area contributed by atoms with Gasteiger partial charge in [0, 0.05) is 48.0 Å². The van der Waals surface area contributed by atoms with Gasteiger partial charge < -0.3 is 24.0 Å². The summed E-state index contributed by atoms with van der Waals surface area (Å²) in [5, 5.41) is -0.167. The molecule has 6 atom stereocenters. The van der Waals surface area contributed by atoms with E-state index in [0.29, 0.717) is 42.0 Å². The van der Waals surface area contributed by atoms with Crippen molar-refractivity contribution in [3.8, 4) is 22.8 Å². The quantitative estimate of drug-likeness (QED) is 0.159. The number of methoxy groups -OCH3 is 1. The summed E-state index contributed by atoms with van der Waals surface area (Å²) < 4.78 is 32.2. The van der Waals surface area contributed by atoms with Crippen molar-refractivity contribution < 1.29 is 38.1 Å². The number of fused-ring (bicyclic) bond motifs is 3. The second-order valence-electron chi connectivity index (χ2n) is 16.5. The Morgan fingerprint density at radius 2 is 1.67 bits per heavy atom. The molecule has 2 aliphatic carbocycles. The lowest BCUT2D eigenvalue weighted by Gasteiger charge is -2.30. The van der Waals surface area contributed by atoms with E-state index in [9.17, 15) is 23.8 Å². The highest BCUT2D eigenvalue weighted by Crippen LogP contribution is 2.73. The fourth-order valence-corrected chi connectivity index (χ4v) is 12.2. The van der Waals surface area contributed by atoms with Crippen molar-refractivity contribution in [1.82, 2.24) is 9.88 Å². The van der Waals surface area contributed by atoms with E-state index >= 15 is 0 Å². The van der Waals surface area contributed by atoms with Crippen LogP contribution in [0.1, 0.15) is 110 Å². The minimum Gasteiger partial charge on any atom is -0.497 e. The number of hydrogen-bond acceptors (Lipinski definition) is 8. The molecular formula is C44H57N2O8P. The Kier molecular flexibility index (Phi) is 12.3. The molecule has 10 nitrogen and oxygen atoms in total. The number of carbonyl (C=O) groups excluding carboxylic acids is 3. The number of rotatable bonds is 10. The van der Waals surface area contributed by atoms with Crippen LogP contribution < -0.4 is 9.47 Å². The van der Waals surface area contributed by atoms with Gasteiger partial charge in [0.15, 0.2) is 5.78 Å². The molecule has 2 aromatic carbocycles. The fourth-order valence-electron chi connectivity index (χ4n) is 9.52. The summed E-state index contributed by atoms with van der Waals surface area (Å²) in [5.74, 6) is -0.144. The van der Waals surface area contributed by atoms with Crippen molar-refractivity contribution in [1.29, 1.82) is 0 Å². The Labute approximate surface area is 325 Å². The number of ether oxygens (including phenoxy) is 3. The number of esters is 1. The molecule has 11 heteroatoms. The summed E-state index contributed by atoms with van der Waals surface area (Å²) in [5.41, 5.74) is 2.32. The van der Waals surface area contributed by atoms with E-state index in [1.807, 2.05) is 61.5 Å². The third kappa shape index (κ3) is 8.81. The van der Waals surface area contributed by atoms with Crippen LogP contribution in [0.15, 0.2) is 54.6 Å². The lowest BCUT2D eigenvalue weighted by atomic mass is 9.94. The fraction of sp³-hybridized carbons (Fsp3) is 0.591. The number of aromatic nitrogens is 1. The van der Waals surface area contributed by atoms with Crippen molar-refractivity contribution in [2.24, 2.45) is 11.8 Å². The van der Waals surface area contributed by atoms with E-state index < -0.39 is 30.6 Å². The highest BCUT2D eigenvalue weighted by molar-refractivity contribution is 7.60. The smallest absolute Gasteiger partial charge is 0.306 e. The van der Waals surface area contributed by atoms with Gasteiger partial charge in [-0.3, -0.25) is 18.9 Å². The molecule has 0 spiro atoms. The van der Waals surface area contributed by atoms with E-state index in [0.717, 1.165) is 75.2 Å². The molecule has 3 heterocycles. The molecule has 3 aromatic rings. The first-order valence-electron chi connectivity index (χ1n) is 20.7. The monoisotopic (exact) mass is 772 g/mol. The van der Waals surface area contributed by atoms with Crippen molar-refractivity contribution in [2.75, 3.05) is 19.8 Å². The van der Waals surface area contributed by atoms with Crippen LogP contribution in [0.5, 0.6) is 11.5 Å². The Hall–Kier alpha value is -3.75. The zero-order valence-corrected chi connectivity index (χ0v) is 33.4. The summed E-state index contributed by atoms with van der Waals surface area (Å²) in [4.78, 5) is 60.8. The number of pyridine rings is 1. The summed E-state index contributed by atoms with van der Waals surface area (Å²) >= 11 is 0. The zero-order chi connectivity index (χ0) is 38.6. The third-order valence-corrected chi connectivity index (χ3v) is 15.8. The highest BCUT2D eigenvalue weighted by Gasteiger charge is 2.65. The van der Waals surface area contributed by atoms with Gasteiger partial charge in [-0.05, 0) is 69.4 Å². The van der Waals surface area contributed by atoms with Gasteiger partial charge in [0.1, 0.15) is 23.7 Å². The SMILES string of the molecule is CCCP(=O)(O)[C@]12CC(=O)[C@@H]3C[C@@H](Oc4cc(-c5ccccc5)nc5cc(OC)ccc45)CN3C(=O)C(CC(=O)OC3CCCC3)CCCCCCC[C@@H]1C2. The first kappa shape index (κ1) is 39.5. The number of hydrogen-bond donors (Lipinski definition) is 1. The van der Waals surface area contributed by atoms with Crippen molar-refractivity contribution in [2.45, 2.75) is 133 Å². The molecular weight excluding hydrogens is 715 g/mol. The van der Waals surface area contributed by atoms with E-state index in [1.54, 1.807) is 12.0 Å². The second-order valence-corrected chi connectivity index (χ2v) is 19.2. The average Bonchev–Trinajstić information content (AvgIpc) is 3.45. The maximum absolute atomic E-state index is 14.8. The van der Waals surface area contributed by atoms with Crippen LogP contribution in [-0.2, 0) is 23.7 Å². The molecule has 1 aromatic heterocycles. The third-order valence-electron chi connectivity index (χ3n) is 12.6. The summed E-state index contributed by atoms with van der Waals surface area (Å²) in [6.07, 6.45) is 10.7. The molecule has 0 bridgehead atoms. The van der Waals surface area contributed by atoms with Gasteiger partial charge in [0.05, 0.1) is 42.5 Å². The molecule has 2 aliphatic heterocycles.